The zero-order chi connectivity index (χ0) is 27.4. The molecule has 2 atom stereocenters. The molecular formula is C31H36FN3O4. The van der Waals surface area contributed by atoms with Crippen molar-refractivity contribution in [3.8, 4) is 11.5 Å². The minimum atomic E-state index is -0.788. The van der Waals surface area contributed by atoms with Crippen LogP contribution in [0.4, 0.5) is 15.8 Å². The number of aromatic nitrogens is 1. The molecule has 8 heteroatoms. The molecule has 0 unspecified atom stereocenters. The number of carboxylic acid groups (broad SMARTS) is 1. The monoisotopic (exact) mass is 533 g/mol. The molecule has 1 aromatic heterocycles. The summed E-state index contributed by atoms with van der Waals surface area (Å²) in [5.74, 6) is 0.677. The average Bonchev–Trinajstić information content (AvgIpc) is 3.34. The molecule has 3 heterocycles. The van der Waals surface area contributed by atoms with Crippen LogP contribution in [-0.2, 0) is 4.79 Å². The molecule has 0 amide bonds. The van der Waals surface area contributed by atoms with Gasteiger partial charge in [-0.3, -0.25) is 9.78 Å². The summed E-state index contributed by atoms with van der Waals surface area (Å²) < 4.78 is 26.3. The molecule has 2 aromatic carbocycles. The Balaban J connectivity index is 1.20. The Morgan fingerprint density at radius 2 is 1.82 bits per heavy atom. The second kappa shape index (κ2) is 11.9. The van der Waals surface area contributed by atoms with E-state index in [0.717, 1.165) is 48.5 Å². The second-order valence-electron chi connectivity index (χ2n) is 10.4. The van der Waals surface area contributed by atoms with Crippen LogP contribution < -0.4 is 19.3 Å². The van der Waals surface area contributed by atoms with Crippen LogP contribution in [0, 0.1) is 12.7 Å². The van der Waals surface area contributed by atoms with Gasteiger partial charge in [0.25, 0.3) is 0 Å². The second-order valence-corrected chi connectivity index (χ2v) is 10.4. The van der Waals surface area contributed by atoms with E-state index in [0.29, 0.717) is 31.1 Å². The number of piperidine rings is 1. The van der Waals surface area contributed by atoms with Crippen molar-refractivity contribution in [2.75, 3.05) is 36.0 Å². The Kier molecular flexibility index (Phi) is 8.19. The summed E-state index contributed by atoms with van der Waals surface area (Å²) in [6.07, 6.45) is 4.42. The normalized spacial score (nSPS) is 19.8. The maximum atomic E-state index is 14.5. The lowest BCUT2D eigenvalue weighted by molar-refractivity contribution is -0.137. The molecule has 0 aliphatic carbocycles. The highest BCUT2D eigenvalue weighted by atomic mass is 19.1. The topological polar surface area (TPSA) is 75.1 Å². The van der Waals surface area contributed by atoms with E-state index in [1.807, 2.05) is 50.4 Å². The van der Waals surface area contributed by atoms with Crippen molar-refractivity contribution >= 4 is 17.3 Å². The van der Waals surface area contributed by atoms with Crippen LogP contribution in [0.2, 0.25) is 0 Å². The highest BCUT2D eigenvalue weighted by molar-refractivity contribution is 5.69. The number of aryl methyl sites for hydroxylation is 1. The number of hydrogen-bond acceptors (Lipinski definition) is 6. The predicted octanol–water partition coefficient (Wildman–Crippen LogP) is 5.81. The molecule has 2 saturated heterocycles. The Morgan fingerprint density at radius 3 is 2.49 bits per heavy atom. The first kappa shape index (κ1) is 26.8. The van der Waals surface area contributed by atoms with Gasteiger partial charge in [0.2, 0.25) is 0 Å². The third-order valence-corrected chi connectivity index (χ3v) is 7.71. The molecule has 0 spiro atoms. The van der Waals surface area contributed by atoms with Crippen LogP contribution in [0.15, 0.2) is 60.8 Å². The number of benzene rings is 2. The number of carboxylic acids is 1. The number of halogens is 1. The largest absolute Gasteiger partial charge is 0.494 e. The standard InChI is InChI=1S/C31H36FN3O4/c1-3-38-28-10-11-29(32)30(18-28)34-14-12-27(13-15-34)39-26-8-6-24(7-9-26)35-20-23(16-25(35)17-31(36)37)22-5-4-21(2)33-19-22/h4-11,18-19,23,25,27H,3,12-17,20H2,1-2H3,(H,36,37)/t23-,25-/m1/s1. The highest BCUT2D eigenvalue weighted by Crippen LogP contribution is 2.37. The first-order valence-electron chi connectivity index (χ1n) is 13.7. The maximum Gasteiger partial charge on any atom is 0.305 e. The van der Waals surface area contributed by atoms with Gasteiger partial charge in [0.05, 0.1) is 18.7 Å². The molecule has 39 heavy (non-hydrogen) atoms. The molecule has 2 aliphatic rings. The van der Waals surface area contributed by atoms with Crippen molar-refractivity contribution in [2.24, 2.45) is 0 Å². The summed E-state index contributed by atoms with van der Waals surface area (Å²) >= 11 is 0. The Hall–Kier alpha value is -3.81. The van der Waals surface area contributed by atoms with Gasteiger partial charge in [-0.2, -0.15) is 0 Å². The molecule has 2 aliphatic heterocycles. The van der Waals surface area contributed by atoms with E-state index in [4.69, 9.17) is 9.47 Å². The summed E-state index contributed by atoms with van der Waals surface area (Å²) in [5, 5.41) is 9.51. The number of anilines is 2. The van der Waals surface area contributed by atoms with Crippen molar-refractivity contribution in [3.05, 3.63) is 77.9 Å². The van der Waals surface area contributed by atoms with E-state index in [1.54, 1.807) is 12.1 Å². The van der Waals surface area contributed by atoms with E-state index in [1.165, 1.54) is 6.07 Å². The van der Waals surface area contributed by atoms with Gasteiger partial charge in [-0.05, 0) is 68.3 Å². The molecular weight excluding hydrogens is 497 g/mol. The minimum absolute atomic E-state index is 0.0511. The van der Waals surface area contributed by atoms with E-state index < -0.39 is 5.97 Å². The number of rotatable bonds is 9. The fourth-order valence-electron chi connectivity index (χ4n) is 5.70. The lowest BCUT2D eigenvalue weighted by Gasteiger charge is -2.34. The van der Waals surface area contributed by atoms with Crippen LogP contribution in [0.5, 0.6) is 11.5 Å². The van der Waals surface area contributed by atoms with Crippen molar-refractivity contribution < 1.29 is 23.8 Å². The fourth-order valence-corrected chi connectivity index (χ4v) is 5.70. The first-order chi connectivity index (χ1) is 18.9. The Bertz CT molecular complexity index is 1260. The number of aliphatic carboxylic acids is 1. The van der Waals surface area contributed by atoms with Gasteiger partial charge in [-0.25, -0.2) is 4.39 Å². The third kappa shape index (κ3) is 6.44. The van der Waals surface area contributed by atoms with Gasteiger partial charge >= 0.3 is 5.97 Å². The van der Waals surface area contributed by atoms with Crippen molar-refractivity contribution in [3.63, 3.8) is 0 Å². The molecule has 2 fully saturated rings. The molecule has 3 aromatic rings. The first-order valence-corrected chi connectivity index (χ1v) is 13.7. The summed E-state index contributed by atoms with van der Waals surface area (Å²) in [4.78, 5) is 20.3. The SMILES string of the molecule is CCOc1ccc(F)c(N2CCC(Oc3ccc(N4C[C@H](c5ccc(C)nc5)C[C@@H]4CC(=O)O)cc3)CC2)c1. The zero-order valence-corrected chi connectivity index (χ0v) is 22.6. The molecule has 0 radical (unpaired) electrons. The molecule has 1 N–H and O–H groups in total. The van der Waals surface area contributed by atoms with Crippen LogP contribution in [-0.4, -0.2) is 54.4 Å². The zero-order valence-electron chi connectivity index (χ0n) is 22.6. The summed E-state index contributed by atoms with van der Waals surface area (Å²) in [7, 11) is 0. The predicted molar refractivity (Wildman–Crippen MR) is 150 cm³/mol. The number of pyridine rings is 1. The van der Waals surface area contributed by atoms with Crippen LogP contribution in [0.1, 0.15) is 49.8 Å². The van der Waals surface area contributed by atoms with Crippen LogP contribution in [0.3, 0.4) is 0 Å². The van der Waals surface area contributed by atoms with Gasteiger partial charge in [0, 0.05) is 68.1 Å². The summed E-state index contributed by atoms with van der Waals surface area (Å²) in [6.45, 7) is 6.58. The van der Waals surface area contributed by atoms with E-state index in [-0.39, 0.29) is 30.3 Å². The Morgan fingerprint density at radius 1 is 1.08 bits per heavy atom. The van der Waals surface area contributed by atoms with Crippen molar-refractivity contribution in [1.82, 2.24) is 4.98 Å². The number of ether oxygens (including phenoxy) is 2. The van der Waals surface area contributed by atoms with Crippen LogP contribution in [0.25, 0.3) is 0 Å². The molecule has 0 bridgehead atoms. The van der Waals surface area contributed by atoms with Gasteiger partial charge in [-0.15, -0.1) is 0 Å². The third-order valence-electron chi connectivity index (χ3n) is 7.71. The average molecular weight is 534 g/mol. The van der Waals surface area contributed by atoms with Crippen LogP contribution >= 0.6 is 0 Å². The summed E-state index contributed by atoms with van der Waals surface area (Å²) in [5.41, 5.74) is 3.69. The molecule has 7 nitrogen and oxygen atoms in total. The minimum Gasteiger partial charge on any atom is -0.494 e. The smallest absolute Gasteiger partial charge is 0.305 e. The maximum absolute atomic E-state index is 14.5. The lowest BCUT2D eigenvalue weighted by Crippen LogP contribution is -2.38. The van der Waals surface area contributed by atoms with E-state index >= 15 is 0 Å². The van der Waals surface area contributed by atoms with E-state index in [9.17, 15) is 14.3 Å². The fraction of sp³-hybridized carbons (Fsp3) is 0.419. The lowest BCUT2D eigenvalue weighted by atomic mass is 9.97. The molecule has 0 saturated carbocycles. The summed E-state index contributed by atoms with van der Waals surface area (Å²) in [6, 6.07) is 16.9. The molecule has 206 valence electrons. The van der Waals surface area contributed by atoms with Gasteiger partial charge in [-0.1, -0.05) is 6.07 Å². The number of hydrogen-bond donors (Lipinski definition) is 1. The van der Waals surface area contributed by atoms with Gasteiger partial charge < -0.3 is 24.4 Å². The number of nitrogens with zero attached hydrogens (tertiary/aromatic N) is 3. The Labute approximate surface area is 229 Å². The molecule has 5 rings (SSSR count). The van der Waals surface area contributed by atoms with Crippen molar-refractivity contribution in [1.29, 1.82) is 0 Å². The van der Waals surface area contributed by atoms with Gasteiger partial charge in [0.1, 0.15) is 23.4 Å². The van der Waals surface area contributed by atoms with E-state index in [2.05, 4.69) is 20.9 Å². The quantitative estimate of drug-likeness (QED) is 0.372. The highest BCUT2D eigenvalue weighted by Gasteiger charge is 2.34. The van der Waals surface area contributed by atoms with Gasteiger partial charge in [0.15, 0.2) is 0 Å². The number of carbonyl (C=O) groups is 1. The van der Waals surface area contributed by atoms with Crippen molar-refractivity contribution in [2.45, 2.75) is 57.6 Å².